The van der Waals surface area contributed by atoms with Crippen LogP contribution in [0.3, 0.4) is 0 Å². The van der Waals surface area contributed by atoms with Crippen LogP contribution in [-0.2, 0) is 19.3 Å². The van der Waals surface area contributed by atoms with Crippen molar-refractivity contribution < 1.29 is 0 Å². The molecule has 0 amide bonds. The number of thiazole rings is 1. The predicted molar refractivity (Wildman–Crippen MR) is 97.9 cm³/mol. The molecule has 4 rings (SSSR count). The van der Waals surface area contributed by atoms with Gasteiger partial charge in [0.1, 0.15) is 11.6 Å². The molecule has 24 heavy (non-hydrogen) atoms. The molecule has 0 radical (unpaired) electrons. The first kappa shape index (κ1) is 16.0. The van der Waals surface area contributed by atoms with E-state index < -0.39 is 0 Å². The summed E-state index contributed by atoms with van der Waals surface area (Å²) in [5.74, 6) is 2.76. The average molecular weight is 344 g/mol. The molecule has 3 heterocycles. The third kappa shape index (κ3) is 3.59. The van der Waals surface area contributed by atoms with Crippen LogP contribution in [-0.4, -0.2) is 34.6 Å². The van der Waals surface area contributed by atoms with Gasteiger partial charge in [-0.25, -0.2) is 15.0 Å². The summed E-state index contributed by atoms with van der Waals surface area (Å²) in [7, 11) is 0. The largest absolute Gasteiger partial charge is 0.370 e. The highest BCUT2D eigenvalue weighted by molar-refractivity contribution is 7.09. The second-order valence-electron chi connectivity index (χ2n) is 6.77. The van der Waals surface area contributed by atoms with Crippen LogP contribution in [0.2, 0.25) is 0 Å². The van der Waals surface area contributed by atoms with Crippen LogP contribution in [0, 0.1) is 6.92 Å². The van der Waals surface area contributed by atoms with Crippen LogP contribution in [0.5, 0.6) is 0 Å². The number of nitrogens with zero attached hydrogens (tertiary/aromatic N) is 3. The maximum Gasteiger partial charge on any atom is 0.134 e. The lowest BCUT2D eigenvalue weighted by molar-refractivity contribution is 0.707. The maximum absolute atomic E-state index is 4.88. The van der Waals surface area contributed by atoms with E-state index in [4.69, 9.17) is 9.97 Å². The Bertz CT molecular complexity index is 707. The fourth-order valence-corrected chi connectivity index (χ4v) is 4.08. The zero-order valence-electron chi connectivity index (χ0n) is 14.3. The van der Waals surface area contributed by atoms with Crippen LogP contribution in [0.4, 0.5) is 5.82 Å². The summed E-state index contributed by atoms with van der Waals surface area (Å²) in [5, 5.41) is 7.09. The summed E-state index contributed by atoms with van der Waals surface area (Å²) in [6, 6.07) is 0. The Balaban J connectivity index is 1.45. The summed E-state index contributed by atoms with van der Waals surface area (Å²) in [4.78, 5) is 15.5. The van der Waals surface area contributed by atoms with Crippen molar-refractivity contribution in [2.75, 3.05) is 25.0 Å². The van der Waals surface area contributed by atoms with Crippen molar-refractivity contribution in [2.45, 2.75) is 51.4 Å². The zero-order valence-corrected chi connectivity index (χ0v) is 15.1. The smallest absolute Gasteiger partial charge is 0.134 e. The molecule has 1 aliphatic carbocycles. The normalized spacial score (nSPS) is 17.4. The summed E-state index contributed by atoms with van der Waals surface area (Å²) in [5.41, 5.74) is 5.71. The standard InChI is InChI=1S/C18H25N5S/c1-12-16(24-11-21-12)3-2-8-20-18-14-6-9-19-10-7-15(14)22-17(23-18)13-4-5-13/h11,13,19H,2-10H2,1H3,(H,20,22,23). The van der Waals surface area contributed by atoms with E-state index in [2.05, 4.69) is 22.5 Å². The number of aromatic nitrogens is 3. The molecule has 2 aromatic heterocycles. The van der Waals surface area contributed by atoms with Crippen molar-refractivity contribution >= 4 is 17.2 Å². The van der Waals surface area contributed by atoms with E-state index in [0.29, 0.717) is 5.92 Å². The molecule has 2 aromatic rings. The molecule has 128 valence electrons. The Morgan fingerprint density at radius 1 is 1.25 bits per heavy atom. The zero-order chi connectivity index (χ0) is 16.4. The first-order valence-corrected chi connectivity index (χ1v) is 9.92. The van der Waals surface area contributed by atoms with Crippen molar-refractivity contribution in [1.82, 2.24) is 20.3 Å². The molecule has 1 aliphatic heterocycles. The summed E-state index contributed by atoms with van der Waals surface area (Å²) in [6.07, 6.45) is 6.75. The van der Waals surface area contributed by atoms with Gasteiger partial charge in [0.2, 0.25) is 0 Å². The van der Waals surface area contributed by atoms with Gasteiger partial charge in [0.25, 0.3) is 0 Å². The molecule has 1 fully saturated rings. The average Bonchev–Trinajstić information content (AvgIpc) is 3.38. The van der Waals surface area contributed by atoms with E-state index in [1.54, 1.807) is 11.3 Å². The number of anilines is 1. The van der Waals surface area contributed by atoms with Gasteiger partial charge in [-0.15, -0.1) is 11.3 Å². The minimum absolute atomic E-state index is 0.604. The second-order valence-corrected chi connectivity index (χ2v) is 7.71. The Kier molecular flexibility index (Phi) is 4.76. The molecule has 0 atom stereocenters. The fourth-order valence-electron chi connectivity index (χ4n) is 3.26. The highest BCUT2D eigenvalue weighted by atomic mass is 32.1. The van der Waals surface area contributed by atoms with Crippen LogP contribution < -0.4 is 10.6 Å². The second kappa shape index (κ2) is 7.15. The molecule has 0 aromatic carbocycles. The number of fused-ring (bicyclic) bond motifs is 1. The Morgan fingerprint density at radius 3 is 2.92 bits per heavy atom. The molecule has 0 saturated heterocycles. The number of rotatable bonds is 6. The summed E-state index contributed by atoms with van der Waals surface area (Å²) in [6.45, 7) is 5.10. The van der Waals surface area contributed by atoms with Gasteiger partial charge >= 0.3 is 0 Å². The van der Waals surface area contributed by atoms with Crippen LogP contribution in [0.1, 0.15) is 52.8 Å². The molecule has 1 saturated carbocycles. The van der Waals surface area contributed by atoms with Gasteiger partial charge in [0.15, 0.2) is 0 Å². The molecule has 6 heteroatoms. The lowest BCUT2D eigenvalue weighted by Crippen LogP contribution is -2.16. The summed E-state index contributed by atoms with van der Waals surface area (Å²) < 4.78 is 0. The molecule has 0 bridgehead atoms. The summed E-state index contributed by atoms with van der Waals surface area (Å²) >= 11 is 1.76. The Labute approximate surface area is 147 Å². The van der Waals surface area contributed by atoms with Crippen molar-refractivity contribution in [3.05, 3.63) is 33.2 Å². The number of aryl methyl sites for hydroxylation is 2. The lowest BCUT2D eigenvalue weighted by Gasteiger charge is -2.14. The van der Waals surface area contributed by atoms with E-state index >= 15 is 0 Å². The van der Waals surface area contributed by atoms with Crippen molar-refractivity contribution in [3.8, 4) is 0 Å². The highest BCUT2D eigenvalue weighted by Gasteiger charge is 2.28. The molecular formula is C18H25N5S. The maximum atomic E-state index is 4.88. The van der Waals surface area contributed by atoms with Crippen molar-refractivity contribution in [1.29, 1.82) is 0 Å². The first-order valence-electron chi connectivity index (χ1n) is 9.04. The van der Waals surface area contributed by atoms with Gasteiger partial charge in [-0.3, -0.25) is 0 Å². The molecule has 5 nitrogen and oxygen atoms in total. The van der Waals surface area contributed by atoms with Gasteiger partial charge in [-0.05, 0) is 45.6 Å². The van der Waals surface area contributed by atoms with E-state index in [1.165, 1.54) is 34.7 Å². The van der Waals surface area contributed by atoms with Crippen LogP contribution >= 0.6 is 11.3 Å². The molecule has 2 aliphatic rings. The van der Waals surface area contributed by atoms with Gasteiger partial charge in [-0.1, -0.05) is 0 Å². The fraction of sp³-hybridized carbons (Fsp3) is 0.611. The predicted octanol–water partition coefficient (Wildman–Crippen LogP) is 2.85. The number of hydrogen-bond acceptors (Lipinski definition) is 6. The van der Waals surface area contributed by atoms with Gasteiger partial charge in [0, 0.05) is 35.9 Å². The Morgan fingerprint density at radius 2 is 2.12 bits per heavy atom. The molecule has 2 N–H and O–H groups in total. The molecule has 0 unspecified atom stereocenters. The van der Waals surface area contributed by atoms with Gasteiger partial charge in [-0.2, -0.15) is 0 Å². The van der Waals surface area contributed by atoms with Gasteiger partial charge in [0.05, 0.1) is 16.9 Å². The van der Waals surface area contributed by atoms with Crippen LogP contribution in [0.15, 0.2) is 5.51 Å². The molecular weight excluding hydrogens is 318 g/mol. The SMILES string of the molecule is Cc1ncsc1CCCNc1nc(C2CC2)nc2c1CCNCC2. The topological polar surface area (TPSA) is 62.7 Å². The first-order chi connectivity index (χ1) is 11.8. The molecule has 0 spiro atoms. The van der Waals surface area contributed by atoms with E-state index in [0.717, 1.165) is 57.0 Å². The minimum atomic E-state index is 0.604. The third-order valence-electron chi connectivity index (χ3n) is 4.86. The minimum Gasteiger partial charge on any atom is -0.370 e. The quantitative estimate of drug-likeness (QED) is 0.790. The van der Waals surface area contributed by atoms with E-state index in [9.17, 15) is 0 Å². The van der Waals surface area contributed by atoms with Crippen molar-refractivity contribution in [3.63, 3.8) is 0 Å². The highest BCUT2D eigenvalue weighted by Crippen LogP contribution is 2.39. The van der Waals surface area contributed by atoms with E-state index in [-0.39, 0.29) is 0 Å². The third-order valence-corrected chi connectivity index (χ3v) is 5.86. The number of nitrogens with one attached hydrogen (secondary N) is 2. The number of hydrogen-bond donors (Lipinski definition) is 2. The van der Waals surface area contributed by atoms with Gasteiger partial charge < -0.3 is 10.6 Å². The van der Waals surface area contributed by atoms with Crippen LogP contribution in [0.25, 0.3) is 0 Å². The lowest BCUT2D eigenvalue weighted by atomic mass is 10.1. The monoisotopic (exact) mass is 343 g/mol. The Hall–Kier alpha value is -1.53. The van der Waals surface area contributed by atoms with E-state index in [1.807, 2.05) is 5.51 Å². The van der Waals surface area contributed by atoms with Crippen molar-refractivity contribution in [2.24, 2.45) is 0 Å².